The van der Waals surface area contributed by atoms with Gasteiger partial charge in [0.2, 0.25) is 0 Å². The maximum Gasteiger partial charge on any atom is 0.474 e. The highest BCUT2D eigenvalue weighted by atomic mass is 32.2. The van der Waals surface area contributed by atoms with Gasteiger partial charge < -0.3 is 0 Å². The van der Waals surface area contributed by atoms with Gasteiger partial charge in [0.15, 0.2) is 0 Å². The van der Waals surface area contributed by atoms with Crippen LogP contribution in [0.15, 0.2) is 4.36 Å². The second kappa shape index (κ2) is 2.80. The Labute approximate surface area is 61.8 Å². The predicted octanol–water partition coefficient (Wildman–Crippen LogP) is 0.803. The van der Waals surface area contributed by atoms with Gasteiger partial charge in [0.1, 0.15) is 0 Å². The van der Waals surface area contributed by atoms with Crippen molar-refractivity contribution >= 4 is 15.6 Å². The first-order valence-corrected chi connectivity index (χ1v) is 4.74. The number of alkyl halides is 3. The fourth-order valence-electron chi connectivity index (χ4n) is 0.251. The fourth-order valence-corrected chi connectivity index (χ4v) is 0.754. The number of rotatable bonds is 0. The van der Waals surface area contributed by atoms with Crippen LogP contribution in [-0.2, 0) is 14.5 Å². The molecule has 3 nitrogen and oxygen atoms in total. The van der Waals surface area contributed by atoms with Gasteiger partial charge in [-0.3, -0.25) is 4.79 Å². The minimum atomic E-state index is -5.02. The molecule has 1 amide bonds. The molecule has 0 aliphatic carbocycles. The van der Waals surface area contributed by atoms with Crippen molar-refractivity contribution in [1.29, 1.82) is 0 Å². The zero-order valence-electron chi connectivity index (χ0n) is 5.81. The van der Waals surface area contributed by atoms with Gasteiger partial charge in [-0.1, -0.05) is 0 Å². The Morgan fingerprint density at radius 3 is 1.82 bits per heavy atom. The molecular formula is C4H6F3NO2S. The Kier molecular flexibility index (Phi) is 2.65. The van der Waals surface area contributed by atoms with Gasteiger partial charge in [0.05, 0.1) is 0 Å². The summed E-state index contributed by atoms with van der Waals surface area (Å²) in [5, 5.41) is 0. The number of amides is 1. The lowest BCUT2D eigenvalue weighted by atomic mass is 10.6. The molecule has 0 atom stereocenters. The molecule has 0 bridgehead atoms. The van der Waals surface area contributed by atoms with E-state index in [1.54, 1.807) is 0 Å². The van der Waals surface area contributed by atoms with E-state index in [0.717, 1.165) is 12.5 Å². The van der Waals surface area contributed by atoms with Crippen LogP contribution in [0.4, 0.5) is 13.2 Å². The van der Waals surface area contributed by atoms with Gasteiger partial charge in [-0.2, -0.15) is 17.5 Å². The van der Waals surface area contributed by atoms with Crippen LogP contribution in [0.3, 0.4) is 0 Å². The third-order valence-corrected chi connectivity index (χ3v) is 1.15. The van der Waals surface area contributed by atoms with Gasteiger partial charge in [0, 0.05) is 22.2 Å². The molecule has 0 saturated carbocycles. The minimum Gasteiger partial charge on any atom is -0.261 e. The molecule has 0 unspecified atom stereocenters. The normalized spacial score (nSPS) is 12.8. The fraction of sp³-hybridized carbons (Fsp3) is 0.750. The van der Waals surface area contributed by atoms with Crippen LogP contribution < -0.4 is 0 Å². The van der Waals surface area contributed by atoms with Crippen LogP contribution in [-0.4, -0.2) is 28.8 Å². The van der Waals surface area contributed by atoms with E-state index in [4.69, 9.17) is 0 Å². The first-order chi connectivity index (χ1) is 4.63. The van der Waals surface area contributed by atoms with Crippen molar-refractivity contribution in [3.63, 3.8) is 0 Å². The van der Waals surface area contributed by atoms with E-state index in [1.807, 2.05) is 0 Å². The van der Waals surface area contributed by atoms with Gasteiger partial charge in [-0.25, -0.2) is 4.21 Å². The van der Waals surface area contributed by atoms with E-state index in [0.29, 0.717) is 0 Å². The van der Waals surface area contributed by atoms with Crippen molar-refractivity contribution in [3.8, 4) is 0 Å². The molecule has 0 aromatic carbocycles. The van der Waals surface area contributed by atoms with Crippen molar-refractivity contribution in [2.45, 2.75) is 6.18 Å². The SMILES string of the molecule is CS(C)(=O)=NC(=O)C(F)(F)F. The highest BCUT2D eigenvalue weighted by molar-refractivity contribution is 7.92. The Hall–Kier alpha value is -0.590. The van der Waals surface area contributed by atoms with E-state index >= 15 is 0 Å². The monoisotopic (exact) mass is 189 g/mol. The quantitative estimate of drug-likeness (QED) is 0.566. The summed E-state index contributed by atoms with van der Waals surface area (Å²) >= 11 is 0. The molecule has 0 rings (SSSR count). The number of carbonyl (C=O) groups is 1. The van der Waals surface area contributed by atoms with Crippen LogP contribution in [0.25, 0.3) is 0 Å². The second-order valence-electron chi connectivity index (χ2n) is 2.08. The van der Waals surface area contributed by atoms with Crippen molar-refractivity contribution in [3.05, 3.63) is 0 Å². The molecular weight excluding hydrogens is 183 g/mol. The van der Waals surface area contributed by atoms with Gasteiger partial charge in [0.25, 0.3) is 0 Å². The lowest BCUT2D eigenvalue weighted by Crippen LogP contribution is -2.21. The molecule has 0 spiro atoms. The van der Waals surface area contributed by atoms with Crippen LogP contribution in [0.5, 0.6) is 0 Å². The smallest absolute Gasteiger partial charge is 0.261 e. The lowest BCUT2D eigenvalue weighted by Gasteiger charge is -1.99. The Bertz CT molecular complexity index is 266. The summed E-state index contributed by atoms with van der Waals surface area (Å²) in [5.74, 6) is -2.30. The number of hydrogen-bond donors (Lipinski definition) is 0. The Morgan fingerprint density at radius 2 is 1.73 bits per heavy atom. The number of carbonyl (C=O) groups excluding carboxylic acids is 1. The van der Waals surface area contributed by atoms with Crippen LogP contribution in [0, 0.1) is 0 Å². The van der Waals surface area contributed by atoms with E-state index in [1.165, 1.54) is 0 Å². The molecule has 7 heteroatoms. The van der Waals surface area contributed by atoms with Crippen LogP contribution >= 0.6 is 0 Å². The summed E-state index contributed by atoms with van der Waals surface area (Å²) in [6.07, 6.45) is -3.11. The summed E-state index contributed by atoms with van der Waals surface area (Å²) in [6, 6.07) is 0. The Balaban J connectivity index is 4.73. The topological polar surface area (TPSA) is 46.5 Å². The van der Waals surface area contributed by atoms with E-state index in [9.17, 15) is 22.2 Å². The van der Waals surface area contributed by atoms with E-state index in [2.05, 4.69) is 4.36 Å². The molecule has 0 radical (unpaired) electrons. The minimum absolute atomic E-state index is 0.955. The first-order valence-electron chi connectivity index (χ1n) is 2.41. The van der Waals surface area contributed by atoms with Crippen molar-refractivity contribution in [1.82, 2.24) is 0 Å². The standard InChI is InChI=1S/C4H6F3NO2S/c1-11(2,10)8-3(9)4(5,6)7/h1-2H3. The molecule has 11 heavy (non-hydrogen) atoms. The largest absolute Gasteiger partial charge is 0.474 e. The summed E-state index contributed by atoms with van der Waals surface area (Å²) in [6.45, 7) is 0. The summed E-state index contributed by atoms with van der Waals surface area (Å²) in [5.41, 5.74) is 0. The van der Waals surface area contributed by atoms with Crippen molar-refractivity contribution in [2.24, 2.45) is 4.36 Å². The zero-order valence-corrected chi connectivity index (χ0v) is 6.62. The highest BCUT2D eigenvalue weighted by Gasteiger charge is 2.39. The maximum absolute atomic E-state index is 11.4. The Morgan fingerprint density at radius 1 is 1.36 bits per heavy atom. The molecule has 0 aromatic heterocycles. The summed E-state index contributed by atoms with van der Waals surface area (Å²) in [4.78, 5) is 10.0. The highest BCUT2D eigenvalue weighted by Crippen LogP contribution is 2.16. The molecule has 0 saturated heterocycles. The van der Waals surface area contributed by atoms with E-state index < -0.39 is 21.8 Å². The van der Waals surface area contributed by atoms with Crippen LogP contribution in [0.2, 0.25) is 0 Å². The first kappa shape index (κ1) is 10.4. The molecule has 0 fully saturated rings. The van der Waals surface area contributed by atoms with E-state index in [-0.39, 0.29) is 0 Å². The molecule has 0 aromatic rings. The third kappa shape index (κ3) is 4.77. The molecule has 0 N–H and O–H groups in total. The molecule has 0 aliphatic rings. The third-order valence-electron chi connectivity index (χ3n) is 0.545. The molecule has 66 valence electrons. The van der Waals surface area contributed by atoms with Crippen molar-refractivity contribution < 1.29 is 22.2 Å². The zero-order chi connectivity index (χ0) is 9.28. The average Bonchev–Trinajstić information content (AvgIpc) is 1.56. The number of nitrogens with zero attached hydrogens (tertiary/aromatic N) is 1. The second-order valence-corrected chi connectivity index (χ2v) is 4.62. The summed E-state index contributed by atoms with van der Waals surface area (Å²) < 4.78 is 47.2. The number of halogens is 3. The maximum atomic E-state index is 11.4. The molecule has 0 heterocycles. The predicted molar refractivity (Wildman–Crippen MR) is 33.5 cm³/mol. The van der Waals surface area contributed by atoms with Gasteiger partial charge in [-0.15, -0.1) is 0 Å². The molecule has 0 aliphatic heterocycles. The van der Waals surface area contributed by atoms with Crippen molar-refractivity contribution in [2.75, 3.05) is 12.5 Å². The number of hydrogen-bond acceptors (Lipinski definition) is 2. The lowest BCUT2D eigenvalue weighted by molar-refractivity contribution is -0.169. The summed E-state index contributed by atoms with van der Waals surface area (Å²) in [7, 11) is -3.00. The van der Waals surface area contributed by atoms with Gasteiger partial charge >= 0.3 is 12.1 Å². The van der Waals surface area contributed by atoms with Gasteiger partial charge in [-0.05, 0) is 0 Å². The average molecular weight is 189 g/mol. The van der Waals surface area contributed by atoms with Crippen LogP contribution in [0.1, 0.15) is 0 Å².